The van der Waals surface area contributed by atoms with E-state index in [2.05, 4.69) is 20.5 Å². The van der Waals surface area contributed by atoms with E-state index in [9.17, 15) is 36.7 Å². The van der Waals surface area contributed by atoms with Gasteiger partial charge >= 0.3 is 12.1 Å². The number of alkyl halides is 5. The maximum absolute atomic E-state index is 16.9. The summed E-state index contributed by atoms with van der Waals surface area (Å²) in [4.78, 5) is 69.8. The van der Waals surface area contributed by atoms with Gasteiger partial charge in [0.15, 0.2) is 0 Å². The van der Waals surface area contributed by atoms with Crippen LogP contribution in [0.3, 0.4) is 0 Å². The number of fused-ring (bicyclic) bond motifs is 6. The number of amides is 3. The number of piperazine rings is 1. The second-order valence-electron chi connectivity index (χ2n) is 20.7. The number of ether oxygens (including phenoxy) is 3. The van der Waals surface area contributed by atoms with Gasteiger partial charge in [-0.15, -0.1) is 11.3 Å². The van der Waals surface area contributed by atoms with Gasteiger partial charge in [-0.3, -0.25) is 29.2 Å². The van der Waals surface area contributed by atoms with Gasteiger partial charge in [0.2, 0.25) is 5.91 Å². The number of esters is 1. The lowest BCUT2D eigenvalue weighted by atomic mass is 9.84. The maximum atomic E-state index is 16.9. The number of aromatic nitrogens is 3. The average molecular weight is 1060 g/mol. The van der Waals surface area contributed by atoms with Crippen LogP contribution in [0, 0.1) is 23.1 Å². The van der Waals surface area contributed by atoms with Crippen molar-refractivity contribution in [3.8, 4) is 22.5 Å². The third kappa shape index (κ3) is 12.3. The van der Waals surface area contributed by atoms with Crippen LogP contribution >= 0.6 is 22.9 Å². The van der Waals surface area contributed by atoms with E-state index < -0.39 is 83.5 Å². The molecule has 3 fully saturated rings. The van der Waals surface area contributed by atoms with E-state index in [-0.39, 0.29) is 74.1 Å². The number of benzene rings is 1. The molecule has 0 unspecified atom stereocenters. The zero-order valence-electron chi connectivity index (χ0n) is 42.0. The molecule has 398 valence electrons. The number of likely N-dealkylation sites (tertiary alicyclic amines) is 1. The summed E-state index contributed by atoms with van der Waals surface area (Å²) >= 11 is 6.43. The SMILES string of the molecule is CO[C@@H](C)c1ncc(N2CCN(C)CC2)cc1-c1c2c3cc(c(F)cc3n1CC(F)(F)F)-c1csc(n1)C[C@H](NC(=O)[C@H](COC1CN(C(=O)[C@H](F)Cl)C1)C(C)C)C(=O)N1CCC[C@H](N1)C(=O)OCC(C)(C)C2. The number of hydrogen-bond acceptors (Lipinski definition) is 13. The summed E-state index contributed by atoms with van der Waals surface area (Å²) in [5.74, 6) is -4.50. The summed E-state index contributed by atoms with van der Waals surface area (Å²) in [6, 6.07) is 2.25. The standard InChI is InChI=1S/C50H63ClF5N9O7S/c1-27(2)35(23-71-30-21-63(22-30)47(68)44(51)53)45(66)59-38-18-41-58-39(24-73-41)32-16-31-34(19-49(4,5)26-72-48(69)37-9-8-10-65(60-37)46(38)67)43(64(25-50(54,55)56)40(31)17-36(32)52)33-15-29(20-57-42(33)28(3)70-7)62-13-11-61(6)12-14-62/h15-17,20,24,27-28,30,35,37-38,44,60H,8-14,18-19,21-23,25-26H2,1-7H3,(H,59,66)/t28-,35+,37-,38-,44-/m0/s1. The number of halogens is 6. The number of hydrazine groups is 1. The van der Waals surface area contributed by atoms with Crippen molar-refractivity contribution in [1.29, 1.82) is 0 Å². The Labute approximate surface area is 429 Å². The number of carbonyl (C=O) groups excluding carboxylic acids is 4. The van der Waals surface area contributed by atoms with Crippen LogP contribution in [0.5, 0.6) is 0 Å². The molecule has 8 rings (SSSR count). The molecule has 73 heavy (non-hydrogen) atoms. The second-order valence-corrected chi connectivity index (χ2v) is 22.0. The van der Waals surface area contributed by atoms with Crippen molar-refractivity contribution in [2.24, 2.45) is 17.3 Å². The van der Waals surface area contributed by atoms with Crippen LogP contribution < -0.4 is 15.6 Å². The first-order valence-corrected chi connectivity index (χ1v) is 25.9. The summed E-state index contributed by atoms with van der Waals surface area (Å²) in [5.41, 5.74) is 2.17. The minimum absolute atomic E-state index is 0.000851. The van der Waals surface area contributed by atoms with E-state index >= 15 is 4.39 Å². The van der Waals surface area contributed by atoms with Crippen molar-refractivity contribution in [3.05, 3.63) is 51.9 Å². The number of thiazole rings is 1. The highest BCUT2D eigenvalue weighted by molar-refractivity contribution is 7.10. The number of hydrogen-bond donors (Lipinski definition) is 2. The van der Waals surface area contributed by atoms with E-state index in [4.69, 9.17) is 35.8 Å². The molecule has 7 heterocycles. The number of nitrogens with zero attached hydrogens (tertiary/aromatic N) is 7. The highest BCUT2D eigenvalue weighted by Gasteiger charge is 2.40. The molecular weight excluding hydrogens is 1000 g/mol. The van der Waals surface area contributed by atoms with Crippen molar-refractivity contribution in [2.75, 3.05) is 78.1 Å². The smallest absolute Gasteiger partial charge is 0.406 e. The first-order chi connectivity index (χ1) is 34.5. The predicted molar refractivity (Wildman–Crippen MR) is 265 cm³/mol. The van der Waals surface area contributed by atoms with Crippen LogP contribution in [-0.2, 0) is 52.8 Å². The van der Waals surface area contributed by atoms with Crippen LogP contribution in [0.2, 0.25) is 0 Å². The number of cyclic esters (lactones) is 1. The molecule has 16 nitrogen and oxygen atoms in total. The molecule has 5 atom stereocenters. The molecule has 0 radical (unpaired) electrons. The van der Waals surface area contributed by atoms with Crippen molar-refractivity contribution in [3.63, 3.8) is 0 Å². The van der Waals surface area contributed by atoms with Gasteiger partial charge in [-0.25, -0.2) is 19.2 Å². The van der Waals surface area contributed by atoms with E-state index in [1.165, 1.54) is 23.1 Å². The molecule has 0 aliphatic carbocycles. The summed E-state index contributed by atoms with van der Waals surface area (Å²) in [5, 5.41) is 6.45. The van der Waals surface area contributed by atoms with Crippen molar-refractivity contribution in [2.45, 2.75) is 103 Å². The van der Waals surface area contributed by atoms with Crippen molar-refractivity contribution in [1.82, 2.24) is 40.1 Å². The van der Waals surface area contributed by atoms with Gasteiger partial charge in [0.1, 0.15) is 24.4 Å². The van der Waals surface area contributed by atoms with E-state index in [0.717, 1.165) is 35.1 Å². The molecule has 3 amide bonds. The average Bonchev–Trinajstić information content (AvgIpc) is 3.90. The number of methoxy groups -OCH3 is 1. The molecule has 3 aromatic heterocycles. The predicted octanol–water partition coefficient (Wildman–Crippen LogP) is 6.67. The van der Waals surface area contributed by atoms with Gasteiger partial charge in [0, 0.05) is 86.7 Å². The molecule has 2 N–H and O–H groups in total. The van der Waals surface area contributed by atoms with E-state index in [0.29, 0.717) is 58.8 Å². The van der Waals surface area contributed by atoms with Crippen LogP contribution in [0.25, 0.3) is 33.4 Å². The normalized spacial score (nSPS) is 21.7. The van der Waals surface area contributed by atoms with Crippen LogP contribution in [0.1, 0.15) is 69.8 Å². The van der Waals surface area contributed by atoms with E-state index in [1.807, 2.05) is 40.8 Å². The zero-order chi connectivity index (χ0) is 52.7. The molecule has 3 saturated heterocycles. The number of pyridine rings is 1. The molecule has 0 spiro atoms. The Kier molecular flexibility index (Phi) is 16.4. The lowest BCUT2D eigenvalue weighted by Crippen LogP contribution is -2.61. The van der Waals surface area contributed by atoms with Crippen molar-refractivity contribution >= 4 is 63.2 Å². The van der Waals surface area contributed by atoms with E-state index in [1.54, 1.807) is 18.5 Å². The Hall–Kier alpha value is -5.00. The Bertz CT molecular complexity index is 2690. The quantitative estimate of drug-likeness (QED) is 0.0882. The Morgan fingerprint density at radius 3 is 2.47 bits per heavy atom. The monoisotopic (exact) mass is 1060 g/mol. The fourth-order valence-corrected chi connectivity index (χ4v) is 10.8. The molecule has 6 bridgehead atoms. The van der Waals surface area contributed by atoms with Gasteiger partial charge in [-0.2, -0.15) is 13.2 Å². The first kappa shape index (κ1) is 54.3. The fourth-order valence-electron chi connectivity index (χ4n) is 9.85. The molecular formula is C50H63ClF5N9O7S. The van der Waals surface area contributed by atoms with Crippen molar-refractivity contribution < 1.29 is 55.3 Å². The van der Waals surface area contributed by atoms with Gasteiger partial charge in [-0.05, 0) is 62.9 Å². The van der Waals surface area contributed by atoms with Crippen LogP contribution in [-0.4, -0.2) is 156 Å². The largest absolute Gasteiger partial charge is 0.464 e. The number of anilines is 1. The molecule has 0 saturated carbocycles. The highest BCUT2D eigenvalue weighted by atomic mass is 35.5. The van der Waals surface area contributed by atoms with Crippen LogP contribution in [0.15, 0.2) is 29.8 Å². The highest BCUT2D eigenvalue weighted by Crippen LogP contribution is 2.45. The summed E-state index contributed by atoms with van der Waals surface area (Å²) in [6.45, 7) is 10.6. The third-order valence-corrected chi connectivity index (χ3v) is 15.2. The zero-order valence-corrected chi connectivity index (χ0v) is 43.6. The van der Waals surface area contributed by atoms with Crippen LogP contribution in [0.4, 0.5) is 27.6 Å². The maximum Gasteiger partial charge on any atom is 0.406 e. The number of rotatable bonds is 12. The molecule has 4 aliphatic heterocycles. The lowest BCUT2D eigenvalue weighted by molar-refractivity contribution is -0.155. The summed E-state index contributed by atoms with van der Waals surface area (Å²) < 4.78 is 94.1. The Morgan fingerprint density at radius 1 is 1.07 bits per heavy atom. The summed E-state index contributed by atoms with van der Waals surface area (Å²) in [7, 11) is 3.51. The number of likely N-dealkylation sites (N-methyl/N-ethyl adjacent to an activating group) is 1. The number of carbonyl (C=O) groups is 4. The number of nitrogens with one attached hydrogen (secondary N) is 2. The third-order valence-electron chi connectivity index (χ3n) is 14.2. The fraction of sp³-hybridized carbons (Fsp3) is 0.600. The Morgan fingerprint density at radius 2 is 1.79 bits per heavy atom. The molecule has 4 aromatic rings. The van der Waals surface area contributed by atoms with Gasteiger partial charge in [0.25, 0.3) is 17.4 Å². The molecule has 4 aliphatic rings. The van der Waals surface area contributed by atoms with Gasteiger partial charge in [-0.1, -0.05) is 39.3 Å². The minimum Gasteiger partial charge on any atom is -0.464 e. The second kappa shape index (κ2) is 22.1. The molecule has 1 aromatic carbocycles. The lowest BCUT2D eigenvalue weighted by Gasteiger charge is -2.39. The van der Waals surface area contributed by atoms with Gasteiger partial charge < -0.3 is 38.8 Å². The molecule has 23 heteroatoms. The first-order valence-electron chi connectivity index (χ1n) is 24.6. The Balaban J connectivity index is 1.22. The van der Waals surface area contributed by atoms with Gasteiger partial charge in [0.05, 0.1) is 70.8 Å². The minimum atomic E-state index is -4.75. The topological polar surface area (TPSA) is 164 Å². The summed E-state index contributed by atoms with van der Waals surface area (Å²) in [6.07, 6.45) is -3.51.